The Bertz CT molecular complexity index is 328. The number of rotatable bonds is 6. The summed E-state index contributed by atoms with van der Waals surface area (Å²) in [5, 5.41) is 3.39. The molecule has 1 heterocycles. The molecule has 0 aliphatic rings. The number of nitrogens with zero attached hydrogens (tertiary/aromatic N) is 2. The Labute approximate surface area is 102 Å². The number of hydrogen-bond donors (Lipinski definition) is 2. The molecule has 0 atom stereocenters. The third kappa shape index (κ3) is 4.66. The highest BCUT2D eigenvalue weighted by Crippen LogP contribution is 2.16. The number of nitrogens with two attached hydrogens (primary N) is 1. The van der Waals surface area contributed by atoms with Crippen LogP contribution in [-0.2, 0) is 0 Å². The van der Waals surface area contributed by atoms with Crippen LogP contribution in [0.25, 0.3) is 0 Å². The molecule has 0 amide bonds. The van der Waals surface area contributed by atoms with Crippen LogP contribution in [0.2, 0.25) is 5.28 Å². The van der Waals surface area contributed by atoms with Crippen molar-refractivity contribution < 1.29 is 0 Å². The second-order valence-electron chi connectivity index (χ2n) is 4.26. The lowest BCUT2D eigenvalue weighted by Crippen LogP contribution is -2.07. The first kappa shape index (κ1) is 13.0. The molecule has 0 aromatic carbocycles. The number of halogens is 1. The third-order valence-corrected chi connectivity index (χ3v) is 2.47. The lowest BCUT2D eigenvalue weighted by Gasteiger charge is -2.08. The first-order chi connectivity index (χ1) is 7.59. The van der Waals surface area contributed by atoms with Crippen molar-refractivity contribution in [1.82, 2.24) is 9.97 Å². The Morgan fingerprint density at radius 2 is 2.19 bits per heavy atom. The van der Waals surface area contributed by atoms with E-state index < -0.39 is 0 Å². The molecule has 90 valence electrons. The predicted molar refractivity (Wildman–Crippen MR) is 68.6 cm³/mol. The van der Waals surface area contributed by atoms with Crippen molar-refractivity contribution in [3.63, 3.8) is 0 Å². The molecule has 0 aliphatic carbocycles. The molecule has 0 saturated carbocycles. The van der Waals surface area contributed by atoms with Crippen LogP contribution in [0.5, 0.6) is 0 Å². The molecular formula is C11H19ClN4. The van der Waals surface area contributed by atoms with Gasteiger partial charge in [0.05, 0.1) is 11.9 Å². The minimum absolute atomic E-state index is 0.221. The molecule has 0 fully saturated rings. The van der Waals surface area contributed by atoms with Crippen LogP contribution in [0.4, 0.5) is 11.5 Å². The fourth-order valence-corrected chi connectivity index (χ4v) is 1.53. The van der Waals surface area contributed by atoms with Crippen LogP contribution in [0, 0.1) is 5.92 Å². The van der Waals surface area contributed by atoms with Crippen molar-refractivity contribution in [1.29, 1.82) is 0 Å². The van der Waals surface area contributed by atoms with Gasteiger partial charge in [-0.2, -0.15) is 4.98 Å². The summed E-state index contributed by atoms with van der Waals surface area (Å²) in [4.78, 5) is 7.82. The van der Waals surface area contributed by atoms with E-state index in [0.29, 0.717) is 11.5 Å². The average Bonchev–Trinajstić information content (AvgIpc) is 2.22. The molecular weight excluding hydrogens is 224 g/mol. The molecule has 1 rings (SSSR count). The van der Waals surface area contributed by atoms with Gasteiger partial charge in [0.2, 0.25) is 5.28 Å². The van der Waals surface area contributed by atoms with Crippen molar-refractivity contribution in [2.24, 2.45) is 5.92 Å². The van der Waals surface area contributed by atoms with Crippen molar-refractivity contribution in [2.75, 3.05) is 17.6 Å². The predicted octanol–water partition coefficient (Wildman–Crippen LogP) is 2.95. The maximum Gasteiger partial charge on any atom is 0.224 e. The van der Waals surface area contributed by atoms with Gasteiger partial charge < -0.3 is 11.1 Å². The normalized spacial score (nSPS) is 10.8. The van der Waals surface area contributed by atoms with E-state index in [9.17, 15) is 0 Å². The first-order valence-electron chi connectivity index (χ1n) is 5.61. The smallest absolute Gasteiger partial charge is 0.224 e. The van der Waals surface area contributed by atoms with Crippen molar-refractivity contribution >= 4 is 23.1 Å². The molecule has 1 aromatic rings. The van der Waals surface area contributed by atoms with Gasteiger partial charge >= 0.3 is 0 Å². The fraction of sp³-hybridized carbons (Fsp3) is 0.636. The minimum atomic E-state index is 0.221. The lowest BCUT2D eigenvalue weighted by molar-refractivity contribution is 0.544. The van der Waals surface area contributed by atoms with Crippen LogP contribution in [0.3, 0.4) is 0 Å². The van der Waals surface area contributed by atoms with E-state index in [2.05, 4.69) is 29.1 Å². The van der Waals surface area contributed by atoms with E-state index in [1.54, 1.807) is 0 Å². The first-order valence-corrected chi connectivity index (χ1v) is 5.99. The van der Waals surface area contributed by atoms with Gasteiger partial charge in [-0.3, -0.25) is 0 Å². The van der Waals surface area contributed by atoms with Gasteiger partial charge in [-0.25, -0.2) is 4.98 Å². The summed E-state index contributed by atoms with van der Waals surface area (Å²) < 4.78 is 0. The largest absolute Gasteiger partial charge is 0.394 e. The molecule has 0 radical (unpaired) electrons. The van der Waals surface area contributed by atoms with Crippen LogP contribution in [0.1, 0.15) is 33.1 Å². The van der Waals surface area contributed by atoms with Crippen LogP contribution < -0.4 is 11.1 Å². The molecule has 0 spiro atoms. The van der Waals surface area contributed by atoms with Gasteiger partial charge in [-0.15, -0.1) is 0 Å². The summed E-state index contributed by atoms with van der Waals surface area (Å²) in [5.74, 6) is 1.39. The van der Waals surface area contributed by atoms with Gasteiger partial charge in [0.25, 0.3) is 0 Å². The Kier molecular flexibility index (Phi) is 5.32. The highest BCUT2D eigenvalue weighted by molar-refractivity contribution is 6.28. The molecule has 0 saturated heterocycles. The molecule has 0 bridgehead atoms. The summed E-state index contributed by atoms with van der Waals surface area (Å²) in [6, 6.07) is 0. The van der Waals surface area contributed by atoms with E-state index in [4.69, 9.17) is 17.3 Å². The van der Waals surface area contributed by atoms with Crippen molar-refractivity contribution in [3.05, 3.63) is 11.5 Å². The van der Waals surface area contributed by atoms with Gasteiger partial charge in [0.15, 0.2) is 5.82 Å². The quantitative estimate of drug-likeness (QED) is 0.595. The average molecular weight is 243 g/mol. The summed E-state index contributed by atoms with van der Waals surface area (Å²) in [5.41, 5.74) is 6.24. The minimum Gasteiger partial charge on any atom is -0.394 e. The fourth-order valence-electron chi connectivity index (χ4n) is 1.40. The second kappa shape index (κ2) is 6.53. The zero-order chi connectivity index (χ0) is 12.0. The van der Waals surface area contributed by atoms with Gasteiger partial charge in [-0.05, 0) is 23.9 Å². The molecule has 4 nitrogen and oxygen atoms in total. The monoisotopic (exact) mass is 242 g/mol. The summed E-state index contributed by atoms with van der Waals surface area (Å²) in [6.45, 7) is 5.33. The van der Waals surface area contributed by atoms with E-state index in [1.807, 2.05) is 0 Å². The number of nitrogens with one attached hydrogen (secondary N) is 1. The topological polar surface area (TPSA) is 63.8 Å². The standard InChI is InChI=1S/C11H19ClN4/c1-8(2)5-3-4-6-14-10-9(13)7-15-11(12)16-10/h7-8H,3-6,13H2,1-2H3,(H,14,15,16). The number of hydrogen-bond acceptors (Lipinski definition) is 4. The summed E-state index contributed by atoms with van der Waals surface area (Å²) in [7, 11) is 0. The Morgan fingerprint density at radius 3 is 2.88 bits per heavy atom. The maximum absolute atomic E-state index is 5.71. The Morgan fingerprint density at radius 1 is 1.44 bits per heavy atom. The van der Waals surface area contributed by atoms with E-state index in [1.165, 1.54) is 19.0 Å². The van der Waals surface area contributed by atoms with E-state index in [0.717, 1.165) is 18.9 Å². The number of nitrogen functional groups attached to an aromatic ring is 1. The highest BCUT2D eigenvalue weighted by Gasteiger charge is 2.02. The van der Waals surface area contributed by atoms with Gasteiger partial charge in [0, 0.05) is 6.54 Å². The van der Waals surface area contributed by atoms with Crippen LogP contribution in [0.15, 0.2) is 6.20 Å². The molecule has 0 aliphatic heterocycles. The Hall–Kier alpha value is -1.03. The van der Waals surface area contributed by atoms with E-state index in [-0.39, 0.29) is 5.28 Å². The van der Waals surface area contributed by atoms with Gasteiger partial charge in [0.1, 0.15) is 0 Å². The molecule has 5 heteroatoms. The van der Waals surface area contributed by atoms with Gasteiger partial charge in [-0.1, -0.05) is 26.7 Å². The maximum atomic E-state index is 5.71. The van der Waals surface area contributed by atoms with Crippen molar-refractivity contribution in [3.8, 4) is 0 Å². The molecule has 16 heavy (non-hydrogen) atoms. The summed E-state index contributed by atoms with van der Waals surface area (Å²) >= 11 is 5.68. The molecule has 3 N–H and O–H groups in total. The Balaban J connectivity index is 2.29. The number of unbranched alkanes of at least 4 members (excludes halogenated alkanes) is 1. The summed E-state index contributed by atoms with van der Waals surface area (Å²) in [6.07, 6.45) is 5.09. The van der Waals surface area contributed by atoms with Crippen LogP contribution in [-0.4, -0.2) is 16.5 Å². The SMILES string of the molecule is CC(C)CCCCNc1nc(Cl)ncc1N. The highest BCUT2D eigenvalue weighted by atomic mass is 35.5. The number of aromatic nitrogens is 2. The molecule has 0 unspecified atom stereocenters. The lowest BCUT2D eigenvalue weighted by atomic mass is 10.1. The third-order valence-electron chi connectivity index (χ3n) is 2.29. The number of anilines is 2. The van der Waals surface area contributed by atoms with Crippen LogP contribution >= 0.6 is 11.6 Å². The molecule has 1 aromatic heterocycles. The van der Waals surface area contributed by atoms with E-state index >= 15 is 0 Å². The zero-order valence-corrected chi connectivity index (χ0v) is 10.6. The second-order valence-corrected chi connectivity index (χ2v) is 4.60. The van der Waals surface area contributed by atoms with Crippen molar-refractivity contribution in [2.45, 2.75) is 33.1 Å². The zero-order valence-electron chi connectivity index (χ0n) is 9.83.